The van der Waals surface area contributed by atoms with E-state index in [2.05, 4.69) is 9.97 Å². The summed E-state index contributed by atoms with van der Waals surface area (Å²) in [5.41, 5.74) is 2.15. The highest BCUT2D eigenvalue weighted by atomic mass is 16.4. The molecule has 0 saturated carbocycles. The number of benzene rings is 2. The van der Waals surface area contributed by atoms with Gasteiger partial charge in [-0.15, -0.1) is 0 Å². The van der Waals surface area contributed by atoms with E-state index in [9.17, 15) is 4.79 Å². The largest absolute Gasteiger partial charge is 0.475 e. The zero-order valence-corrected chi connectivity index (χ0v) is 9.95. The van der Waals surface area contributed by atoms with Crippen molar-refractivity contribution in [3.05, 3.63) is 60.4 Å². The summed E-state index contributed by atoms with van der Waals surface area (Å²) < 4.78 is 0. The number of hydrogen-bond donors (Lipinski definition) is 1. The van der Waals surface area contributed by atoms with Crippen LogP contribution in [0.2, 0.25) is 0 Å². The molecule has 0 amide bonds. The van der Waals surface area contributed by atoms with Gasteiger partial charge in [0.1, 0.15) is 0 Å². The second-order valence-corrected chi connectivity index (χ2v) is 4.08. The molecule has 0 aliphatic heterocycles. The average molecular weight is 250 g/mol. The van der Waals surface area contributed by atoms with Crippen LogP contribution in [-0.2, 0) is 0 Å². The van der Waals surface area contributed by atoms with Crippen LogP contribution < -0.4 is 0 Å². The Labute approximate surface area is 109 Å². The van der Waals surface area contributed by atoms with Crippen molar-refractivity contribution in [2.75, 3.05) is 0 Å². The van der Waals surface area contributed by atoms with E-state index in [-0.39, 0.29) is 5.82 Å². The summed E-state index contributed by atoms with van der Waals surface area (Å²) >= 11 is 0. The third kappa shape index (κ3) is 2.04. The van der Waals surface area contributed by atoms with Crippen LogP contribution in [0.25, 0.3) is 22.2 Å². The van der Waals surface area contributed by atoms with Gasteiger partial charge >= 0.3 is 5.97 Å². The van der Waals surface area contributed by atoms with Crippen molar-refractivity contribution in [3.63, 3.8) is 0 Å². The van der Waals surface area contributed by atoms with E-state index < -0.39 is 5.97 Å². The number of nitrogens with zero attached hydrogens (tertiary/aromatic N) is 2. The number of aromatic carboxylic acids is 1. The summed E-state index contributed by atoms with van der Waals surface area (Å²) in [5.74, 6) is -1.31. The van der Waals surface area contributed by atoms with Gasteiger partial charge in [0.25, 0.3) is 0 Å². The van der Waals surface area contributed by atoms with Crippen molar-refractivity contribution in [3.8, 4) is 11.3 Å². The number of fused-ring (bicyclic) bond motifs is 1. The summed E-state index contributed by atoms with van der Waals surface area (Å²) in [6.45, 7) is 0. The van der Waals surface area contributed by atoms with Crippen molar-refractivity contribution in [2.45, 2.75) is 0 Å². The third-order valence-electron chi connectivity index (χ3n) is 2.84. The van der Waals surface area contributed by atoms with Crippen LogP contribution in [0.4, 0.5) is 0 Å². The Morgan fingerprint density at radius 1 is 0.895 bits per heavy atom. The monoisotopic (exact) mass is 250 g/mol. The Morgan fingerprint density at radius 3 is 2.32 bits per heavy atom. The molecule has 92 valence electrons. The molecule has 1 aromatic heterocycles. The summed E-state index contributed by atoms with van der Waals surface area (Å²) in [6.07, 6.45) is 0. The lowest BCUT2D eigenvalue weighted by Gasteiger charge is -2.06. The first-order valence-corrected chi connectivity index (χ1v) is 5.81. The first-order chi connectivity index (χ1) is 9.25. The lowest BCUT2D eigenvalue weighted by molar-refractivity contribution is 0.0684. The molecule has 0 aliphatic rings. The Morgan fingerprint density at radius 2 is 1.58 bits per heavy atom. The Hall–Kier alpha value is -2.75. The van der Waals surface area contributed by atoms with Gasteiger partial charge in [-0.3, -0.25) is 0 Å². The number of hydrogen-bond acceptors (Lipinski definition) is 3. The lowest BCUT2D eigenvalue weighted by Crippen LogP contribution is -2.05. The second kappa shape index (κ2) is 4.49. The zero-order chi connectivity index (χ0) is 13.2. The van der Waals surface area contributed by atoms with Crippen molar-refractivity contribution in [1.82, 2.24) is 9.97 Å². The first-order valence-electron chi connectivity index (χ1n) is 5.81. The SMILES string of the molecule is O=C(O)c1nc(-c2ccccc2)c2ccccc2n1. The minimum atomic E-state index is -1.12. The van der Waals surface area contributed by atoms with E-state index in [1.165, 1.54) is 0 Å². The minimum absolute atomic E-state index is 0.183. The number of para-hydroxylation sites is 1. The molecule has 0 atom stereocenters. The second-order valence-electron chi connectivity index (χ2n) is 4.08. The van der Waals surface area contributed by atoms with E-state index in [1.54, 1.807) is 6.07 Å². The lowest BCUT2D eigenvalue weighted by atomic mass is 10.1. The van der Waals surface area contributed by atoms with Gasteiger partial charge in [0.15, 0.2) is 0 Å². The van der Waals surface area contributed by atoms with E-state index in [4.69, 9.17) is 5.11 Å². The highest BCUT2D eigenvalue weighted by molar-refractivity contribution is 5.95. The van der Waals surface area contributed by atoms with Gasteiger partial charge < -0.3 is 5.11 Å². The molecule has 2 aromatic carbocycles. The highest BCUT2D eigenvalue weighted by Gasteiger charge is 2.13. The number of aromatic nitrogens is 2. The molecule has 19 heavy (non-hydrogen) atoms. The maximum absolute atomic E-state index is 11.1. The Kier molecular flexibility index (Phi) is 2.68. The third-order valence-corrected chi connectivity index (χ3v) is 2.84. The summed E-state index contributed by atoms with van der Waals surface area (Å²) in [4.78, 5) is 19.3. The maximum atomic E-state index is 11.1. The number of carbonyl (C=O) groups is 1. The van der Waals surface area contributed by atoms with Gasteiger partial charge in [-0.1, -0.05) is 48.5 Å². The van der Waals surface area contributed by atoms with Crippen LogP contribution in [0, 0.1) is 0 Å². The molecule has 0 fully saturated rings. The number of rotatable bonds is 2. The molecule has 0 radical (unpaired) electrons. The molecule has 4 heteroatoms. The van der Waals surface area contributed by atoms with Gasteiger partial charge in [0, 0.05) is 10.9 Å². The Bertz CT molecular complexity index is 754. The van der Waals surface area contributed by atoms with Crippen LogP contribution in [0.15, 0.2) is 54.6 Å². The molecule has 0 unspecified atom stereocenters. The molecule has 3 rings (SSSR count). The molecule has 1 N–H and O–H groups in total. The van der Waals surface area contributed by atoms with Crippen molar-refractivity contribution in [2.24, 2.45) is 0 Å². The van der Waals surface area contributed by atoms with Crippen LogP contribution in [0.1, 0.15) is 10.6 Å². The van der Waals surface area contributed by atoms with Crippen molar-refractivity contribution >= 4 is 16.9 Å². The van der Waals surface area contributed by atoms with E-state index >= 15 is 0 Å². The predicted molar refractivity (Wildman–Crippen MR) is 71.9 cm³/mol. The molecular formula is C15H10N2O2. The fourth-order valence-electron chi connectivity index (χ4n) is 1.99. The van der Waals surface area contributed by atoms with Crippen molar-refractivity contribution in [1.29, 1.82) is 0 Å². The molecule has 0 saturated heterocycles. The van der Waals surface area contributed by atoms with Crippen LogP contribution in [0.3, 0.4) is 0 Å². The quantitative estimate of drug-likeness (QED) is 0.759. The molecular weight excluding hydrogens is 240 g/mol. The van der Waals surface area contributed by atoms with E-state index in [1.807, 2.05) is 48.5 Å². The zero-order valence-electron chi connectivity index (χ0n) is 9.95. The topological polar surface area (TPSA) is 63.1 Å². The standard InChI is InChI=1S/C15H10N2O2/c18-15(19)14-16-12-9-5-4-8-11(12)13(17-14)10-6-2-1-3-7-10/h1-9H,(H,18,19). The first kappa shape index (κ1) is 11.3. The molecule has 0 spiro atoms. The fraction of sp³-hybridized carbons (Fsp3) is 0. The molecule has 0 bridgehead atoms. The van der Waals surface area contributed by atoms with Crippen molar-refractivity contribution < 1.29 is 9.90 Å². The molecule has 1 heterocycles. The van der Waals surface area contributed by atoms with Crippen LogP contribution in [0.5, 0.6) is 0 Å². The van der Waals surface area contributed by atoms with Gasteiger partial charge in [-0.05, 0) is 6.07 Å². The molecule has 3 aromatic rings. The normalized spacial score (nSPS) is 10.5. The van der Waals surface area contributed by atoms with E-state index in [0.717, 1.165) is 10.9 Å². The van der Waals surface area contributed by atoms with E-state index in [0.29, 0.717) is 11.2 Å². The predicted octanol–water partition coefficient (Wildman–Crippen LogP) is 3.00. The minimum Gasteiger partial charge on any atom is -0.475 e. The average Bonchev–Trinajstić information content (AvgIpc) is 2.47. The highest BCUT2D eigenvalue weighted by Crippen LogP contribution is 2.25. The summed E-state index contributed by atoms with van der Waals surface area (Å²) in [7, 11) is 0. The van der Waals surface area contributed by atoms with Gasteiger partial charge in [0.2, 0.25) is 5.82 Å². The fourth-order valence-corrected chi connectivity index (χ4v) is 1.99. The molecule has 0 aliphatic carbocycles. The maximum Gasteiger partial charge on any atom is 0.373 e. The van der Waals surface area contributed by atoms with Gasteiger partial charge in [-0.2, -0.15) is 0 Å². The van der Waals surface area contributed by atoms with Crippen LogP contribution >= 0.6 is 0 Å². The van der Waals surface area contributed by atoms with Gasteiger partial charge in [-0.25, -0.2) is 14.8 Å². The summed E-state index contributed by atoms with van der Waals surface area (Å²) in [5, 5.41) is 9.94. The van der Waals surface area contributed by atoms with Crippen LogP contribution in [-0.4, -0.2) is 21.0 Å². The van der Waals surface area contributed by atoms with Gasteiger partial charge in [0.05, 0.1) is 11.2 Å². The number of carboxylic acids is 1. The number of carboxylic acid groups (broad SMARTS) is 1. The summed E-state index contributed by atoms with van der Waals surface area (Å²) in [6, 6.07) is 16.9. The smallest absolute Gasteiger partial charge is 0.373 e. The Balaban J connectivity index is 2.36. The molecule has 4 nitrogen and oxygen atoms in total.